The smallest absolute Gasteiger partial charge is 0.305 e. The average Bonchev–Trinajstić information content (AvgIpc) is 2.49. The summed E-state index contributed by atoms with van der Waals surface area (Å²) in [6.45, 7) is 5.36. The van der Waals surface area contributed by atoms with Crippen LogP contribution in [0.2, 0.25) is 0 Å². The summed E-state index contributed by atoms with van der Waals surface area (Å²) in [5.41, 5.74) is 0. The zero-order valence-electron chi connectivity index (χ0n) is 13.1. The van der Waals surface area contributed by atoms with Crippen molar-refractivity contribution in [2.75, 3.05) is 19.7 Å². The molecule has 0 aromatic carbocycles. The third kappa shape index (κ3) is 4.76. The van der Waals surface area contributed by atoms with E-state index in [1.165, 1.54) is 58.0 Å². The van der Waals surface area contributed by atoms with E-state index in [1.807, 2.05) is 0 Å². The fourth-order valence-electron chi connectivity index (χ4n) is 3.74. The summed E-state index contributed by atoms with van der Waals surface area (Å²) in [4.78, 5) is 14.4. The summed E-state index contributed by atoms with van der Waals surface area (Å²) in [6, 6.07) is 0.686. The Morgan fingerprint density at radius 3 is 2.80 bits per heavy atom. The van der Waals surface area contributed by atoms with Crippen LogP contribution in [0, 0.1) is 5.92 Å². The number of esters is 1. The van der Waals surface area contributed by atoms with E-state index in [2.05, 4.69) is 11.8 Å². The molecule has 0 aromatic rings. The molecule has 0 aromatic heterocycles. The van der Waals surface area contributed by atoms with Gasteiger partial charge in [0, 0.05) is 18.4 Å². The average molecular weight is 281 g/mol. The van der Waals surface area contributed by atoms with Crippen LogP contribution in [0.4, 0.5) is 0 Å². The van der Waals surface area contributed by atoms with Crippen LogP contribution in [0.5, 0.6) is 0 Å². The molecule has 0 radical (unpaired) electrons. The minimum Gasteiger partial charge on any atom is -0.465 e. The maximum Gasteiger partial charge on any atom is 0.305 e. The molecule has 0 amide bonds. The molecule has 2 fully saturated rings. The van der Waals surface area contributed by atoms with Crippen LogP contribution in [-0.4, -0.2) is 36.6 Å². The molecule has 0 aliphatic carbocycles. The van der Waals surface area contributed by atoms with E-state index >= 15 is 0 Å². The van der Waals surface area contributed by atoms with E-state index in [-0.39, 0.29) is 5.97 Å². The summed E-state index contributed by atoms with van der Waals surface area (Å²) in [7, 11) is 0. The van der Waals surface area contributed by atoms with E-state index in [9.17, 15) is 4.79 Å². The topological polar surface area (TPSA) is 29.5 Å². The van der Waals surface area contributed by atoms with Crippen LogP contribution in [0.1, 0.15) is 71.1 Å². The van der Waals surface area contributed by atoms with Crippen molar-refractivity contribution >= 4 is 5.97 Å². The lowest BCUT2D eigenvalue weighted by atomic mass is 9.84. The van der Waals surface area contributed by atoms with Gasteiger partial charge < -0.3 is 4.74 Å². The van der Waals surface area contributed by atoms with Gasteiger partial charge in [-0.1, -0.05) is 32.6 Å². The van der Waals surface area contributed by atoms with Crippen molar-refractivity contribution in [2.24, 2.45) is 5.92 Å². The fraction of sp³-hybridized carbons (Fsp3) is 0.941. The molecule has 0 unspecified atom stereocenters. The van der Waals surface area contributed by atoms with Gasteiger partial charge in [-0.25, -0.2) is 0 Å². The second kappa shape index (κ2) is 8.66. The largest absolute Gasteiger partial charge is 0.465 e. The lowest BCUT2D eigenvalue weighted by molar-refractivity contribution is -0.146. The second-order valence-electron chi connectivity index (χ2n) is 6.50. The highest BCUT2D eigenvalue weighted by Crippen LogP contribution is 2.31. The van der Waals surface area contributed by atoms with E-state index in [1.54, 1.807) is 0 Å². The van der Waals surface area contributed by atoms with Crippen LogP contribution in [0.3, 0.4) is 0 Å². The first-order valence-corrected chi connectivity index (χ1v) is 8.71. The Bertz CT molecular complexity index is 291. The van der Waals surface area contributed by atoms with Crippen molar-refractivity contribution in [3.8, 4) is 0 Å². The number of carbonyl (C=O) groups is 1. The molecule has 116 valence electrons. The fourth-order valence-corrected chi connectivity index (χ4v) is 3.74. The molecule has 2 heterocycles. The third-order valence-corrected chi connectivity index (χ3v) is 4.92. The molecule has 3 nitrogen and oxygen atoms in total. The van der Waals surface area contributed by atoms with Crippen molar-refractivity contribution in [1.82, 2.24) is 4.90 Å². The zero-order chi connectivity index (χ0) is 14.2. The second-order valence-corrected chi connectivity index (χ2v) is 6.50. The molecule has 0 saturated carbocycles. The molecule has 0 N–H and O–H groups in total. The standard InChI is InChI=1S/C17H31NO2/c1-2-3-4-5-11-17(19)20-14-15-9-8-13-18-12-7-6-10-16(15)18/h15-16H,2-14H2,1H3/t15-,16+/m0/s1. The molecular weight excluding hydrogens is 250 g/mol. The molecule has 20 heavy (non-hydrogen) atoms. The number of nitrogens with zero attached hydrogens (tertiary/aromatic N) is 1. The number of fused-ring (bicyclic) bond motifs is 1. The summed E-state index contributed by atoms with van der Waals surface area (Å²) in [6.07, 6.45) is 11.7. The van der Waals surface area contributed by atoms with Gasteiger partial charge in [0.2, 0.25) is 0 Å². The molecule has 3 heteroatoms. The lowest BCUT2D eigenvalue weighted by Crippen LogP contribution is -2.49. The minimum atomic E-state index is 0.0223. The third-order valence-electron chi connectivity index (χ3n) is 4.92. The summed E-state index contributed by atoms with van der Waals surface area (Å²) >= 11 is 0. The number of carbonyl (C=O) groups excluding carboxylic acids is 1. The highest BCUT2D eigenvalue weighted by molar-refractivity contribution is 5.69. The number of unbranched alkanes of at least 4 members (excludes halogenated alkanes) is 3. The number of ether oxygens (including phenoxy) is 1. The molecule has 2 rings (SSSR count). The first kappa shape index (κ1) is 15.8. The Morgan fingerprint density at radius 2 is 1.95 bits per heavy atom. The maximum atomic E-state index is 11.8. The van der Waals surface area contributed by atoms with Crippen LogP contribution in [-0.2, 0) is 9.53 Å². The SMILES string of the molecule is CCCCCCC(=O)OC[C@@H]1CCCN2CCCC[C@H]12. The molecule has 2 saturated heterocycles. The molecule has 2 aliphatic heterocycles. The molecule has 2 atom stereocenters. The normalized spacial score (nSPS) is 27.1. The lowest BCUT2D eigenvalue weighted by Gasteiger charge is -2.44. The molecule has 0 spiro atoms. The Morgan fingerprint density at radius 1 is 1.10 bits per heavy atom. The van der Waals surface area contributed by atoms with E-state index < -0.39 is 0 Å². The van der Waals surface area contributed by atoms with Crippen molar-refractivity contribution < 1.29 is 9.53 Å². The molecule has 0 bridgehead atoms. The summed E-state index contributed by atoms with van der Waals surface area (Å²) < 4.78 is 5.55. The summed E-state index contributed by atoms with van der Waals surface area (Å²) in [5.74, 6) is 0.609. The van der Waals surface area contributed by atoms with Gasteiger partial charge in [-0.05, 0) is 45.2 Å². The Labute approximate surface area is 124 Å². The van der Waals surface area contributed by atoms with Gasteiger partial charge in [-0.2, -0.15) is 0 Å². The Kier molecular flexibility index (Phi) is 6.85. The highest BCUT2D eigenvalue weighted by atomic mass is 16.5. The van der Waals surface area contributed by atoms with Gasteiger partial charge >= 0.3 is 5.97 Å². The zero-order valence-corrected chi connectivity index (χ0v) is 13.1. The van der Waals surface area contributed by atoms with Gasteiger partial charge in [0.1, 0.15) is 0 Å². The first-order chi connectivity index (χ1) is 9.81. The number of hydrogen-bond acceptors (Lipinski definition) is 3. The van der Waals surface area contributed by atoms with Gasteiger partial charge in [-0.3, -0.25) is 9.69 Å². The van der Waals surface area contributed by atoms with Crippen LogP contribution in [0.15, 0.2) is 0 Å². The monoisotopic (exact) mass is 281 g/mol. The van der Waals surface area contributed by atoms with Crippen molar-refractivity contribution in [1.29, 1.82) is 0 Å². The first-order valence-electron chi connectivity index (χ1n) is 8.71. The van der Waals surface area contributed by atoms with E-state index in [0.29, 0.717) is 25.0 Å². The number of piperidine rings is 2. The Hall–Kier alpha value is -0.570. The summed E-state index contributed by atoms with van der Waals surface area (Å²) in [5, 5.41) is 0. The molecular formula is C17H31NO2. The Balaban J connectivity index is 1.65. The van der Waals surface area contributed by atoms with Gasteiger partial charge in [0.25, 0.3) is 0 Å². The van der Waals surface area contributed by atoms with Crippen molar-refractivity contribution in [3.05, 3.63) is 0 Å². The van der Waals surface area contributed by atoms with Gasteiger partial charge in [0.15, 0.2) is 0 Å². The van der Waals surface area contributed by atoms with Gasteiger partial charge in [0.05, 0.1) is 6.61 Å². The maximum absolute atomic E-state index is 11.8. The minimum absolute atomic E-state index is 0.0223. The van der Waals surface area contributed by atoms with Crippen LogP contribution in [0.25, 0.3) is 0 Å². The molecule has 2 aliphatic rings. The van der Waals surface area contributed by atoms with Crippen LogP contribution >= 0.6 is 0 Å². The predicted octanol–water partition coefficient (Wildman–Crippen LogP) is 3.76. The number of hydrogen-bond donors (Lipinski definition) is 0. The predicted molar refractivity (Wildman–Crippen MR) is 81.7 cm³/mol. The van der Waals surface area contributed by atoms with Crippen LogP contribution < -0.4 is 0 Å². The van der Waals surface area contributed by atoms with Gasteiger partial charge in [-0.15, -0.1) is 0 Å². The number of rotatable bonds is 7. The highest BCUT2D eigenvalue weighted by Gasteiger charge is 2.33. The quantitative estimate of drug-likeness (QED) is 0.525. The van der Waals surface area contributed by atoms with Crippen molar-refractivity contribution in [3.63, 3.8) is 0 Å². The van der Waals surface area contributed by atoms with Crippen molar-refractivity contribution in [2.45, 2.75) is 77.2 Å². The van der Waals surface area contributed by atoms with E-state index in [4.69, 9.17) is 4.74 Å². The van der Waals surface area contributed by atoms with E-state index in [0.717, 1.165) is 12.8 Å².